The molecule has 0 aliphatic carbocycles. The Morgan fingerprint density at radius 2 is 1.56 bits per heavy atom. The molecule has 2 heterocycles. The fraction of sp³-hybridized carbons (Fsp3) is 0.292. The summed E-state index contributed by atoms with van der Waals surface area (Å²) >= 11 is 0. The normalized spacial score (nSPS) is 13.7. The van der Waals surface area contributed by atoms with Crippen LogP contribution in [0.5, 0.6) is 5.75 Å². The topological polar surface area (TPSA) is 122 Å². The number of carbonyl (C=O) groups excluding carboxylic acids is 2. The molecule has 10 nitrogen and oxygen atoms in total. The molecule has 0 spiro atoms. The molecule has 1 aliphatic heterocycles. The van der Waals surface area contributed by atoms with Crippen molar-refractivity contribution in [2.75, 3.05) is 26.2 Å². The molecule has 0 atom stereocenters. The van der Waals surface area contributed by atoms with E-state index in [1.54, 1.807) is 58.7 Å². The second kappa shape index (κ2) is 9.34. The summed E-state index contributed by atoms with van der Waals surface area (Å²) in [5.41, 5.74) is 2.53. The van der Waals surface area contributed by atoms with E-state index in [2.05, 4.69) is 5.10 Å². The van der Waals surface area contributed by atoms with Crippen molar-refractivity contribution in [3.8, 4) is 5.75 Å². The van der Waals surface area contributed by atoms with Gasteiger partial charge in [0.15, 0.2) is 0 Å². The van der Waals surface area contributed by atoms with Gasteiger partial charge in [-0.1, -0.05) is 24.3 Å². The standard InChI is InChI=1S/C24H25N5O5/c1-16-22(29(33)34)17(2)28(25-16)15-18-7-9-19(10-8-18)23(31)26-11-13-27(14-12-26)24(32)20-5-3-4-6-21(20)30/h3-10,30H,11-15H2,1-2H3. The van der Waals surface area contributed by atoms with E-state index in [0.717, 1.165) is 5.56 Å². The molecule has 0 unspecified atom stereocenters. The molecule has 1 saturated heterocycles. The molecule has 176 valence electrons. The Hall–Kier alpha value is -4.21. The molecule has 3 aromatic rings. The Morgan fingerprint density at radius 1 is 0.971 bits per heavy atom. The molecule has 1 aromatic heterocycles. The van der Waals surface area contributed by atoms with Crippen molar-refractivity contribution in [1.82, 2.24) is 19.6 Å². The summed E-state index contributed by atoms with van der Waals surface area (Å²) in [4.78, 5) is 39.7. The van der Waals surface area contributed by atoms with Gasteiger partial charge in [-0.05, 0) is 43.7 Å². The van der Waals surface area contributed by atoms with Gasteiger partial charge in [-0.2, -0.15) is 5.10 Å². The predicted molar refractivity (Wildman–Crippen MR) is 124 cm³/mol. The number of aryl methyl sites for hydroxylation is 1. The Kier molecular flexibility index (Phi) is 6.31. The number of hydrogen-bond acceptors (Lipinski definition) is 6. The molecule has 0 radical (unpaired) electrons. The van der Waals surface area contributed by atoms with Crippen molar-refractivity contribution in [1.29, 1.82) is 0 Å². The number of phenolic OH excluding ortho intramolecular Hbond substituents is 1. The van der Waals surface area contributed by atoms with Crippen LogP contribution >= 0.6 is 0 Å². The van der Waals surface area contributed by atoms with E-state index < -0.39 is 4.92 Å². The molecule has 4 rings (SSSR count). The number of nitro groups is 1. The quantitative estimate of drug-likeness (QED) is 0.459. The van der Waals surface area contributed by atoms with Crippen molar-refractivity contribution in [2.45, 2.75) is 20.4 Å². The van der Waals surface area contributed by atoms with Crippen molar-refractivity contribution in [3.05, 3.63) is 86.7 Å². The third-order valence-corrected chi connectivity index (χ3v) is 6.05. The molecule has 0 bridgehead atoms. The van der Waals surface area contributed by atoms with Crippen LogP contribution in [0.1, 0.15) is 37.7 Å². The molecule has 1 aliphatic rings. The number of para-hydroxylation sites is 1. The van der Waals surface area contributed by atoms with Gasteiger partial charge in [-0.25, -0.2) is 0 Å². The number of rotatable bonds is 5. The van der Waals surface area contributed by atoms with Crippen LogP contribution in [0.4, 0.5) is 5.69 Å². The lowest BCUT2D eigenvalue weighted by Crippen LogP contribution is -2.50. The van der Waals surface area contributed by atoms with Gasteiger partial charge in [-0.15, -0.1) is 0 Å². The number of phenols is 1. The lowest BCUT2D eigenvalue weighted by atomic mass is 10.1. The van der Waals surface area contributed by atoms with E-state index in [1.165, 1.54) is 6.07 Å². The summed E-state index contributed by atoms with van der Waals surface area (Å²) in [7, 11) is 0. The zero-order valence-corrected chi connectivity index (χ0v) is 19.0. The van der Waals surface area contributed by atoms with Crippen molar-refractivity contribution >= 4 is 17.5 Å². The first kappa shape index (κ1) is 23.0. The predicted octanol–water partition coefficient (Wildman–Crippen LogP) is 2.76. The van der Waals surface area contributed by atoms with Gasteiger partial charge in [0.1, 0.15) is 17.1 Å². The number of hydrogen-bond donors (Lipinski definition) is 1. The summed E-state index contributed by atoms with van der Waals surface area (Å²) < 4.78 is 1.59. The van der Waals surface area contributed by atoms with Crippen LogP contribution in [0.2, 0.25) is 0 Å². The van der Waals surface area contributed by atoms with Gasteiger partial charge in [-0.3, -0.25) is 24.4 Å². The van der Waals surface area contributed by atoms with E-state index in [4.69, 9.17) is 0 Å². The summed E-state index contributed by atoms with van der Waals surface area (Å²) in [6, 6.07) is 13.5. The van der Waals surface area contributed by atoms with Crippen molar-refractivity contribution < 1.29 is 19.6 Å². The summed E-state index contributed by atoms with van der Waals surface area (Å²) in [5.74, 6) is -0.428. The molecule has 1 fully saturated rings. The molecular formula is C24H25N5O5. The Bertz CT molecular complexity index is 1240. The molecule has 0 saturated carbocycles. The number of nitrogens with zero attached hydrogens (tertiary/aromatic N) is 5. The van der Waals surface area contributed by atoms with Crippen LogP contribution in [-0.2, 0) is 6.54 Å². The SMILES string of the molecule is Cc1nn(Cc2ccc(C(=O)N3CCN(C(=O)c4ccccc4O)CC3)cc2)c(C)c1[N+](=O)[O-]. The number of piperazine rings is 1. The highest BCUT2D eigenvalue weighted by atomic mass is 16.6. The van der Waals surface area contributed by atoms with Crippen LogP contribution in [-0.4, -0.2) is 67.6 Å². The fourth-order valence-electron chi connectivity index (χ4n) is 4.15. The summed E-state index contributed by atoms with van der Waals surface area (Å²) in [6.07, 6.45) is 0. The minimum Gasteiger partial charge on any atom is -0.507 e. The van der Waals surface area contributed by atoms with Crippen molar-refractivity contribution in [2.24, 2.45) is 0 Å². The average Bonchev–Trinajstić information content (AvgIpc) is 3.11. The molecule has 34 heavy (non-hydrogen) atoms. The van der Waals surface area contributed by atoms with E-state index in [0.29, 0.717) is 49.7 Å². The second-order valence-electron chi connectivity index (χ2n) is 8.23. The number of amides is 2. The highest BCUT2D eigenvalue weighted by molar-refractivity contribution is 5.97. The number of aromatic nitrogens is 2. The monoisotopic (exact) mass is 463 g/mol. The zero-order chi connectivity index (χ0) is 24.4. The highest BCUT2D eigenvalue weighted by Crippen LogP contribution is 2.23. The van der Waals surface area contributed by atoms with Crippen molar-refractivity contribution in [3.63, 3.8) is 0 Å². The van der Waals surface area contributed by atoms with E-state index >= 15 is 0 Å². The van der Waals surface area contributed by atoms with Crippen LogP contribution in [0, 0.1) is 24.0 Å². The number of aromatic hydroxyl groups is 1. The smallest absolute Gasteiger partial charge is 0.312 e. The molecule has 2 amide bonds. The first-order valence-electron chi connectivity index (χ1n) is 10.9. The molecular weight excluding hydrogens is 438 g/mol. The number of benzene rings is 2. The van der Waals surface area contributed by atoms with Gasteiger partial charge >= 0.3 is 5.69 Å². The van der Waals surface area contributed by atoms with Crippen LogP contribution in [0.3, 0.4) is 0 Å². The maximum Gasteiger partial charge on any atom is 0.312 e. The van der Waals surface area contributed by atoms with E-state index in [-0.39, 0.29) is 28.8 Å². The van der Waals surface area contributed by atoms with E-state index in [1.807, 2.05) is 12.1 Å². The minimum atomic E-state index is -0.425. The maximum atomic E-state index is 12.9. The molecule has 1 N–H and O–H groups in total. The highest BCUT2D eigenvalue weighted by Gasteiger charge is 2.27. The first-order valence-corrected chi connectivity index (χ1v) is 10.9. The fourth-order valence-corrected chi connectivity index (χ4v) is 4.15. The third-order valence-electron chi connectivity index (χ3n) is 6.05. The van der Waals surface area contributed by atoms with Crippen LogP contribution in [0.15, 0.2) is 48.5 Å². The Balaban J connectivity index is 1.37. The lowest BCUT2D eigenvalue weighted by molar-refractivity contribution is -0.386. The summed E-state index contributed by atoms with van der Waals surface area (Å²) in [6.45, 7) is 5.20. The van der Waals surface area contributed by atoms with E-state index in [9.17, 15) is 24.8 Å². The zero-order valence-electron chi connectivity index (χ0n) is 19.0. The minimum absolute atomic E-state index is 0.0203. The van der Waals surface area contributed by atoms with Gasteiger partial charge < -0.3 is 14.9 Å². The van der Waals surface area contributed by atoms with Gasteiger partial charge in [0, 0.05) is 31.7 Å². The Morgan fingerprint density at radius 3 is 2.12 bits per heavy atom. The summed E-state index contributed by atoms with van der Waals surface area (Å²) in [5, 5.41) is 25.4. The second-order valence-corrected chi connectivity index (χ2v) is 8.23. The van der Waals surface area contributed by atoms with Gasteiger partial charge in [0.25, 0.3) is 11.8 Å². The molecule has 10 heteroatoms. The molecule has 2 aromatic carbocycles. The maximum absolute atomic E-state index is 12.9. The van der Waals surface area contributed by atoms with Gasteiger partial charge in [0.05, 0.1) is 17.0 Å². The van der Waals surface area contributed by atoms with Crippen LogP contribution < -0.4 is 0 Å². The average molecular weight is 463 g/mol. The lowest BCUT2D eigenvalue weighted by Gasteiger charge is -2.35. The van der Waals surface area contributed by atoms with Gasteiger partial charge in [0.2, 0.25) is 0 Å². The third kappa shape index (κ3) is 4.47. The Labute approximate surface area is 196 Å². The number of carbonyl (C=O) groups is 2. The first-order chi connectivity index (χ1) is 16.3. The van der Waals surface area contributed by atoms with Crippen LogP contribution in [0.25, 0.3) is 0 Å². The largest absolute Gasteiger partial charge is 0.507 e.